The van der Waals surface area contributed by atoms with Gasteiger partial charge < -0.3 is 10.5 Å². The summed E-state index contributed by atoms with van der Waals surface area (Å²) in [5.41, 5.74) is 6.69. The molecule has 0 heterocycles. The molecule has 1 aliphatic carbocycles. The Hall–Kier alpha value is -1.44. The highest BCUT2D eigenvalue weighted by atomic mass is 19.1. The van der Waals surface area contributed by atoms with Crippen molar-refractivity contribution in [3.8, 4) is 6.07 Å². The quantitative estimate of drug-likeness (QED) is 0.843. The number of hydrogen-bond donors (Lipinski definition) is 1. The van der Waals surface area contributed by atoms with E-state index in [9.17, 15) is 4.39 Å². The molecule has 4 heteroatoms. The number of nitriles is 1. The van der Waals surface area contributed by atoms with Crippen LogP contribution in [-0.2, 0) is 11.3 Å². The van der Waals surface area contributed by atoms with Crippen LogP contribution >= 0.6 is 0 Å². The molecule has 0 unspecified atom stereocenters. The maximum absolute atomic E-state index is 13.0. The molecule has 0 aromatic heterocycles. The molecule has 0 radical (unpaired) electrons. The topological polar surface area (TPSA) is 59.0 Å². The molecule has 0 atom stereocenters. The van der Waals surface area contributed by atoms with Crippen molar-refractivity contribution in [2.75, 3.05) is 0 Å². The Morgan fingerprint density at radius 3 is 2.88 bits per heavy atom. The van der Waals surface area contributed by atoms with Crippen molar-refractivity contribution in [1.82, 2.24) is 0 Å². The molecular formula is C12H13FN2O. The van der Waals surface area contributed by atoms with Crippen molar-refractivity contribution in [3.63, 3.8) is 0 Å². The fourth-order valence-corrected chi connectivity index (χ4v) is 1.74. The van der Waals surface area contributed by atoms with Gasteiger partial charge in [-0.3, -0.25) is 0 Å². The lowest BCUT2D eigenvalue weighted by Gasteiger charge is -2.32. The molecule has 1 saturated carbocycles. The smallest absolute Gasteiger partial charge is 0.123 e. The van der Waals surface area contributed by atoms with E-state index >= 15 is 0 Å². The van der Waals surface area contributed by atoms with E-state index in [1.54, 1.807) is 0 Å². The first kappa shape index (κ1) is 11.1. The molecule has 0 saturated heterocycles. The summed E-state index contributed by atoms with van der Waals surface area (Å²) in [5.74, 6) is -0.345. The van der Waals surface area contributed by atoms with E-state index in [2.05, 4.69) is 0 Å². The Kier molecular flexibility index (Phi) is 3.18. The van der Waals surface area contributed by atoms with Gasteiger partial charge in [0, 0.05) is 6.04 Å². The summed E-state index contributed by atoms with van der Waals surface area (Å²) in [4.78, 5) is 0. The Balaban J connectivity index is 1.98. The van der Waals surface area contributed by atoms with Gasteiger partial charge in [0.25, 0.3) is 0 Å². The van der Waals surface area contributed by atoms with Crippen molar-refractivity contribution >= 4 is 0 Å². The van der Waals surface area contributed by atoms with Crippen LogP contribution in [0.25, 0.3) is 0 Å². The maximum atomic E-state index is 13.0. The van der Waals surface area contributed by atoms with Crippen LogP contribution in [-0.4, -0.2) is 12.1 Å². The van der Waals surface area contributed by atoms with Crippen molar-refractivity contribution in [2.45, 2.75) is 31.6 Å². The minimum atomic E-state index is -0.345. The fraction of sp³-hybridized carbons (Fsp3) is 0.417. The third-order valence-corrected chi connectivity index (χ3v) is 2.79. The summed E-state index contributed by atoms with van der Waals surface area (Å²) in [6.07, 6.45) is 1.85. The Morgan fingerprint density at radius 2 is 2.25 bits per heavy atom. The first-order valence-electron chi connectivity index (χ1n) is 5.24. The van der Waals surface area contributed by atoms with E-state index in [4.69, 9.17) is 15.7 Å². The summed E-state index contributed by atoms with van der Waals surface area (Å²) < 4.78 is 18.5. The number of hydrogen-bond acceptors (Lipinski definition) is 3. The molecule has 84 valence electrons. The van der Waals surface area contributed by atoms with Gasteiger partial charge in [-0.1, -0.05) is 0 Å². The standard InChI is InChI=1S/C12H13FN2O/c13-10-2-1-8(6-14)9(3-10)7-16-12-4-11(15)5-12/h1-3,11-12H,4-5,7,15H2. The highest BCUT2D eigenvalue weighted by molar-refractivity contribution is 5.37. The van der Waals surface area contributed by atoms with Crippen LogP contribution in [0.1, 0.15) is 24.0 Å². The predicted octanol–water partition coefficient (Wildman–Crippen LogP) is 1.70. The van der Waals surface area contributed by atoms with E-state index in [-0.39, 0.29) is 24.6 Å². The minimum Gasteiger partial charge on any atom is -0.373 e. The third kappa shape index (κ3) is 2.38. The Morgan fingerprint density at radius 1 is 1.50 bits per heavy atom. The Labute approximate surface area is 93.6 Å². The normalized spacial score (nSPS) is 23.6. The molecule has 2 rings (SSSR count). The van der Waals surface area contributed by atoms with Crippen LogP contribution in [0.15, 0.2) is 18.2 Å². The van der Waals surface area contributed by atoms with Crippen LogP contribution in [0.2, 0.25) is 0 Å². The molecular weight excluding hydrogens is 207 g/mol. The number of nitrogens with zero attached hydrogens (tertiary/aromatic N) is 1. The van der Waals surface area contributed by atoms with Gasteiger partial charge in [-0.2, -0.15) is 5.26 Å². The summed E-state index contributed by atoms with van der Waals surface area (Å²) in [5, 5.41) is 8.84. The molecule has 2 N–H and O–H groups in total. The molecule has 0 amide bonds. The lowest BCUT2D eigenvalue weighted by Crippen LogP contribution is -2.41. The fourth-order valence-electron chi connectivity index (χ4n) is 1.74. The molecule has 1 aromatic rings. The van der Waals surface area contributed by atoms with Gasteiger partial charge in [0.2, 0.25) is 0 Å². The minimum absolute atomic E-state index is 0.157. The van der Waals surface area contributed by atoms with E-state index in [1.807, 2.05) is 6.07 Å². The summed E-state index contributed by atoms with van der Waals surface area (Å²) >= 11 is 0. The number of benzene rings is 1. The summed E-state index contributed by atoms with van der Waals surface area (Å²) in [6, 6.07) is 6.35. The van der Waals surface area contributed by atoms with E-state index in [0.29, 0.717) is 11.1 Å². The molecule has 3 nitrogen and oxygen atoms in total. The van der Waals surface area contributed by atoms with Gasteiger partial charge in [0.05, 0.1) is 24.3 Å². The summed E-state index contributed by atoms with van der Waals surface area (Å²) in [6.45, 7) is 0.276. The lowest BCUT2D eigenvalue weighted by atomic mass is 9.90. The monoisotopic (exact) mass is 220 g/mol. The maximum Gasteiger partial charge on any atom is 0.123 e. The number of ether oxygens (including phenoxy) is 1. The molecule has 1 fully saturated rings. The van der Waals surface area contributed by atoms with Crippen LogP contribution in [0.3, 0.4) is 0 Å². The van der Waals surface area contributed by atoms with Crippen molar-refractivity contribution in [2.24, 2.45) is 5.73 Å². The Bertz CT molecular complexity index is 422. The second kappa shape index (κ2) is 4.60. The zero-order valence-electron chi connectivity index (χ0n) is 8.82. The van der Waals surface area contributed by atoms with Crippen LogP contribution in [0.5, 0.6) is 0 Å². The highest BCUT2D eigenvalue weighted by Crippen LogP contribution is 2.23. The second-order valence-corrected chi connectivity index (χ2v) is 4.08. The van der Waals surface area contributed by atoms with Crippen molar-refractivity contribution in [1.29, 1.82) is 5.26 Å². The van der Waals surface area contributed by atoms with Gasteiger partial charge in [-0.05, 0) is 36.6 Å². The van der Waals surface area contributed by atoms with Gasteiger partial charge in [-0.15, -0.1) is 0 Å². The largest absolute Gasteiger partial charge is 0.373 e. The average molecular weight is 220 g/mol. The van der Waals surface area contributed by atoms with Gasteiger partial charge in [-0.25, -0.2) is 4.39 Å². The first-order chi connectivity index (χ1) is 7.69. The molecule has 0 spiro atoms. The first-order valence-corrected chi connectivity index (χ1v) is 5.24. The van der Waals surface area contributed by atoms with E-state index in [1.165, 1.54) is 18.2 Å². The van der Waals surface area contributed by atoms with Gasteiger partial charge in [0.15, 0.2) is 0 Å². The number of halogens is 1. The number of nitrogens with two attached hydrogens (primary N) is 1. The van der Waals surface area contributed by atoms with Crippen molar-refractivity contribution < 1.29 is 9.13 Å². The van der Waals surface area contributed by atoms with Crippen LogP contribution in [0.4, 0.5) is 4.39 Å². The zero-order valence-corrected chi connectivity index (χ0v) is 8.82. The van der Waals surface area contributed by atoms with E-state index in [0.717, 1.165) is 12.8 Å². The van der Waals surface area contributed by atoms with Crippen LogP contribution < -0.4 is 5.73 Å². The molecule has 0 bridgehead atoms. The SMILES string of the molecule is N#Cc1ccc(F)cc1COC1CC(N)C1. The average Bonchev–Trinajstić information content (AvgIpc) is 2.23. The lowest BCUT2D eigenvalue weighted by molar-refractivity contribution is -0.0190. The van der Waals surface area contributed by atoms with Crippen molar-refractivity contribution in [3.05, 3.63) is 35.1 Å². The van der Waals surface area contributed by atoms with E-state index < -0.39 is 0 Å². The van der Waals surface area contributed by atoms with Crippen LogP contribution in [0, 0.1) is 17.1 Å². The molecule has 1 aliphatic rings. The number of rotatable bonds is 3. The van der Waals surface area contributed by atoms with Gasteiger partial charge >= 0.3 is 0 Å². The summed E-state index contributed by atoms with van der Waals surface area (Å²) in [7, 11) is 0. The zero-order chi connectivity index (χ0) is 11.5. The molecule has 16 heavy (non-hydrogen) atoms. The molecule has 0 aliphatic heterocycles. The molecule has 1 aromatic carbocycles. The highest BCUT2D eigenvalue weighted by Gasteiger charge is 2.26. The third-order valence-electron chi connectivity index (χ3n) is 2.79. The second-order valence-electron chi connectivity index (χ2n) is 4.08. The predicted molar refractivity (Wildman–Crippen MR) is 56.9 cm³/mol. The van der Waals surface area contributed by atoms with Gasteiger partial charge in [0.1, 0.15) is 5.82 Å².